The van der Waals surface area contributed by atoms with Gasteiger partial charge in [0.2, 0.25) is 0 Å². The third-order valence-electron chi connectivity index (χ3n) is 3.68. The lowest BCUT2D eigenvalue weighted by Crippen LogP contribution is -2.47. The highest BCUT2D eigenvalue weighted by molar-refractivity contribution is 6.02. The number of aromatic carboxylic acids is 1. The van der Waals surface area contributed by atoms with Crippen molar-refractivity contribution in [2.45, 2.75) is 18.6 Å². The summed E-state index contributed by atoms with van der Waals surface area (Å²) in [4.78, 5) is 31.1. The van der Waals surface area contributed by atoms with Crippen LogP contribution >= 0.6 is 0 Å². The van der Waals surface area contributed by atoms with Crippen LogP contribution in [0.3, 0.4) is 0 Å². The second-order valence-electron chi connectivity index (χ2n) is 4.83. The maximum absolute atomic E-state index is 12.3. The molecule has 108 valence electrons. The van der Waals surface area contributed by atoms with E-state index in [1.165, 1.54) is 6.33 Å². The number of carboxylic acids is 1. The van der Waals surface area contributed by atoms with Crippen molar-refractivity contribution in [3.8, 4) is 0 Å². The fraction of sp³-hybridized carbons (Fsp3) is 0.583. The summed E-state index contributed by atoms with van der Waals surface area (Å²) in [6.07, 6.45) is 2.39. The zero-order valence-corrected chi connectivity index (χ0v) is 10.8. The molecule has 0 aliphatic carbocycles. The summed E-state index contributed by atoms with van der Waals surface area (Å²) in [7, 11) is 0. The molecule has 2 aliphatic rings. The van der Waals surface area contributed by atoms with Gasteiger partial charge >= 0.3 is 5.97 Å². The number of carbonyl (C=O) groups is 2. The summed E-state index contributed by atoms with van der Waals surface area (Å²) >= 11 is 0. The van der Waals surface area contributed by atoms with Gasteiger partial charge < -0.3 is 24.5 Å². The van der Waals surface area contributed by atoms with Gasteiger partial charge in [0.25, 0.3) is 5.91 Å². The number of aromatic amines is 1. The minimum absolute atomic E-state index is 0.0540. The molecule has 1 spiro atoms. The van der Waals surface area contributed by atoms with Crippen LogP contribution in [0.1, 0.15) is 33.8 Å². The Morgan fingerprint density at radius 1 is 1.30 bits per heavy atom. The van der Waals surface area contributed by atoms with E-state index in [0.29, 0.717) is 39.1 Å². The highest BCUT2D eigenvalue weighted by Crippen LogP contribution is 2.31. The summed E-state index contributed by atoms with van der Waals surface area (Å²) in [6.45, 7) is 2.09. The number of ether oxygens (including phenoxy) is 2. The third-order valence-corrected chi connectivity index (χ3v) is 3.68. The van der Waals surface area contributed by atoms with Crippen molar-refractivity contribution < 1.29 is 24.2 Å². The van der Waals surface area contributed by atoms with Gasteiger partial charge in [-0.05, 0) is 0 Å². The average Bonchev–Trinajstić information content (AvgIpc) is 3.08. The molecule has 2 saturated heterocycles. The van der Waals surface area contributed by atoms with Crippen LogP contribution in [0.4, 0.5) is 0 Å². The Morgan fingerprint density at radius 2 is 1.95 bits per heavy atom. The van der Waals surface area contributed by atoms with Gasteiger partial charge in [0.05, 0.1) is 19.5 Å². The first-order valence-corrected chi connectivity index (χ1v) is 6.45. The predicted molar refractivity (Wildman–Crippen MR) is 65.3 cm³/mol. The van der Waals surface area contributed by atoms with Crippen molar-refractivity contribution in [1.29, 1.82) is 0 Å². The lowest BCUT2D eigenvalue weighted by atomic mass is 10.0. The van der Waals surface area contributed by atoms with Crippen LogP contribution < -0.4 is 0 Å². The SMILES string of the molecule is O=C(O)c1[nH]cnc1C(=O)N1CCC2(CC1)OCCO2. The maximum Gasteiger partial charge on any atom is 0.354 e. The smallest absolute Gasteiger partial charge is 0.354 e. The molecule has 0 unspecified atom stereocenters. The summed E-state index contributed by atoms with van der Waals surface area (Å²) < 4.78 is 11.2. The molecule has 2 aliphatic heterocycles. The van der Waals surface area contributed by atoms with E-state index in [1.54, 1.807) is 4.90 Å². The highest BCUT2D eigenvalue weighted by Gasteiger charge is 2.41. The molecular weight excluding hydrogens is 266 g/mol. The first-order chi connectivity index (χ1) is 9.61. The number of amides is 1. The number of piperidine rings is 1. The lowest BCUT2D eigenvalue weighted by Gasteiger charge is -2.37. The van der Waals surface area contributed by atoms with Crippen LogP contribution in [0, 0.1) is 0 Å². The summed E-state index contributed by atoms with van der Waals surface area (Å²) in [5.41, 5.74) is -0.231. The third kappa shape index (κ3) is 2.16. The number of aromatic nitrogens is 2. The van der Waals surface area contributed by atoms with Gasteiger partial charge in [-0.25, -0.2) is 9.78 Å². The highest BCUT2D eigenvalue weighted by atomic mass is 16.7. The molecule has 0 radical (unpaired) electrons. The molecule has 0 atom stereocenters. The van der Waals surface area contributed by atoms with E-state index in [-0.39, 0.29) is 17.3 Å². The van der Waals surface area contributed by atoms with E-state index in [9.17, 15) is 9.59 Å². The molecule has 1 aromatic heterocycles. The first kappa shape index (κ1) is 13.1. The standard InChI is InChI=1S/C12H15N3O5/c16-10(8-9(11(17)18)14-7-13-8)15-3-1-12(2-4-15)19-5-6-20-12/h7H,1-6H2,(H,13,14)(H,17,18). The van der Waals surface area contributed by atoms with Crippen molar-refractivity contribution in [3.63, 3.8) is 0 Å². The van der Waals surface area contributed by atoms with Gasteiger partial charge in [0.15, 0.2) is 17.2 Å². The molecule has 8 heteroatoms. The summed E-state index contributed by atoms with van der Waals surface area (Å²) in [5, 5.41) is 8.99. The van der Waals surface area contributed by atoms with Crippen LogP contribution in [0.5, 0.6) is 0 Å². The number of imidazole rings is 1. The quantitative estimate of drug-likeness (QED) is 0.796. The van der Waals surface area contributed by atoms with Crippen molar-refractivity contribution in [2.24, 2.45) is 0 Å². The summed E-state index contributed by atoms with van der Waals surface area (Å²) in [5.74, 6) is -2.13. The number of rotatable bonds is 2. The number of carboxylic acid groups (broad SMARTS) is 1. The number of hydrogen-bond donors (Lipinski definition) is 2. The molecule has 1 aromatic rings. The molecule has 1 amide bonds. The minimum atomic E-state index is -1.19. The Morgan fingerprint density at radius 3 is 2.55 bits per heavy atom. The largest absolute Gasteiger partial charge is 0.477 e. The van der Waals surface area contributed by atoms with Gasteiger partial charge in [-0.15, -0.1) is 0 Å². The van der Waals surface area contributed by atoms with Crippen molar-refractivity contribution in [1.82, 2.24) is 14.9 Å². The Bertz CT molecular complexity index is 525. The van der Waals surface area contributed by atoms with Crippen molar-refractivity contribution in [3.05, 3.63) is 17.7 Å². The van der Waals surface area contributed by atoms with Crippen LogP contribution in [-0.2, 0) is 9.47 Å². The molecule has 2 N–H and O–H groups in total. The Hall–Kier alpha value is -1.93. The number of nitrogens with zero attached hydrogens (tertiary/aromatic N) is 2. The van der Waals surface area contributed by atoms with E-state index in [1.807, 2.05) is 0 Å². The molecule has 8 nitrogen and oxygen atoms in total. The number of H-pyrrole nitrogens is 1. The predicted octanol–water partition coefficient (Wildman–Crippen LogP) is 0.0870. The number of hydrogen-bond acceptors (Lipinski definition) is 5. The molecule has 3 rings (SSSR count). The van der Waals surface area contributed by atoms with Crippen LogP contribution in [0.15, 0.2) is 6.33 Å². The Labute approximate surface area is 114 Å². The van der Waals surface area contributed by atoms with Crippen LogP contribution in [-0.4, -0.2) is 63.9 Å². The first-order valence-electron chi connectivity index (χ1n) is 6.45. The minimum Gasteiger partial charge on any atom is -0.477 e. The molecule has 20 heavy (non-hydrogen) atoms. The molecule has 0 aromatic carbocycles. The number of carbonyl (C=O) groups excluding carboxylic acids is 1. The van der Waals surface area contributed by atoms with Crippen LogP contribution in [0.2, 0.25) is 0 Å². The summed E-state index contributed by atoms with van der Waals surface area (Å²) in [6, 6.07) is 0. The maximum atomic E-state index is 12.3. The normalized spacial score (nSPS) is 21.3. The Kier molecular flexibility index (Phi) is 3.19. The molecule has 3 heterocycles. The topological polar surface area (TPSA) is 105 Å². The molecule has 0 saturated carbocycles. The second-order valence-corrected chi connectivity index (χ2v) is 4.83. The van der Waals surface area contributed by atoms with E-state index < -0.39 is 11.8 Å². The monoisotopic (exact) mass is 281 g/mol. The second kappa shape index (κ2) is 4.88. The van der Waals surface area contributed by atoms with Crippen molar-refractivity contribution in [2.75, 3.05) is 26.3 Å². The van der Waals surface area contributed by atoms with Gasteiger partial charge in [-0.1, -0.05) is 0 Å². The fourth-order valence-electron chi connectivity index (χ4n) is 2.61. The van der Waals surface area contributed by atoms with Gasteiger partial charge in [-0.2, -0.15) is 0 Å². The van der Waals surface area contributed by atoms with E-state index in [0.717, 1.165) is 0 Å². The van der Waals surface area contributed by atoms with Gasteiger partial charge in [0, 0.05) is 25.9 Å². The zero-order valence-electron chi connectivity index (χ0n) is 10.8. The van der Waals surface area contributed by atoms with Gasteiger partial charge in [0.1, 0.15) is 0 Å². The van der Waals surface area contributed by atoms with Crippen molar-refractivity contribution >= 4 is 11.9 Å². The molecular formula is C12H15N3O5. The average molecular weight is 281 g/mol. The van der Waals surface area contributed by atoms with E-state index in [2.05, 4.69) is 9.97 Å². The van der Waals surface area contributed by atoms with Gasteiger partial charge in [-0.3, -0.25) is 4.79 Å². The van der Waals surface area contributed by atoms with Crippen LogP contribution in [0.25, 0.3) is 0 Å². The molecule has 2 fully saturated rings. The number of likely N-dealkylation sites (tertiary alicyclic amines) is 1. The lowest BCUT2D eigenvalue weighted by molar-refractivity contribution is -0.181. The fourth-order valence-corrected chi connectivity index (χ4v) is 2.61. The number of nitrogens with one attached hydrogen (secondary N) is 1. The Balaban J connectivity index is 1.70. The van der Waals surface area contributed by atoms with E-state index >= 15 is 0 Å². The zero-order chi connectivity index (χ0) is 14.2. The van der Waals surface area contributed by atoms with E-state index in [4.69, 9.17) is 14.6 Å². The molecule has 0 bridgehead atoms.